The van der Waals surface area contributed by atoms with E-state index in [1.807, 2.05) is 19.1 Å². The zero-order chi connectivity index (χ0) is 27.7. The van der Waals surface area contributed by atoms with Gasteiger partial charge in [0, 0.05) is 15.7 Å². The molecule has 1 atom stereocenters. The minimum Gasteiger partial charge on any atom is -0.493 e. The number of ether oxygens (including phenoxy) is 4. The first kappa shape index (κ1) is 28.5. The smallest absolute Gasteiger partial charge is 0.338 e. The second kappa shape index (κ2) is 13.5. The zero-order valence-electron chi connectivity index (χ0n) is 21.4. The number of urea groups is 1. The molecule has 0 saturated carbocycles. The number of nitrogens with one attached hydrogen (secondary N) is 3. The Kier molecular flexibility index (Phi) is 10.1. The molecule has 0 bridgehead atoms. The Hall–Kier alpha value is -4.06. The Morgan fingerprint density at radius 1 is 1.08 bits per heavy atom. The van der Waals surface area contributed by atoms with E-state index in [4.69, 9.17) is 18.9 Å². The number of carbonyl (C=O) groups excluding carboxylic acids is 3. The van der Waals surface area contributed by atoms with Crippen LogP contribution in [0.15, 0.2) is 57.2 Å². The van der Waals surface area contributed by atoms with Crippen molar-refractivity contribution in [1.29, 1.82) is 0 Å². The first-order valence-corrected chi connectivity index (χ1v) is 12.6. The van der Waals surface area contributed by atoms with E-state index in [9.17, 15) is 14.4 Å². The van der Waals surface area contributed by atoms with Crippen molar-refractivity contribution in [3.05, 3.63) is 63.3 Å². The third kappa shape index (κ3) is 7.25. The maximum atomic E-state index is 12.5. The lowest BCUT2D eigenvalue weighted by molar-refractivity contribution is -0.139. The highest BCUT2D eigenvalue weighted by Crippen LogP contribution is 2.34. The molecule has 12 heteroatoms. The average Bonchev–Trinajstić information content (AvgIpc) is 2.88. The molecule has 2 aromatic carbocycles. The van der Waals surface area contributed by atoms with Crippen molar-refractivity contribution >= 4 is 40.1 Å². The van der Waals surface area contributed by atoms with Crippen molar-refractivity contribution in [2.75, 3.05) is 26.9 Å². The number of nitrogens with zero attached hydrogens (tertiary/aromatic N) is 1. The third-order valence-electron chi connectivity index (χ3n) is 5.31. The quantitative estimate of drug-likeness (QED) is 0.207. The summed E-state index contributed by atoms with van der Waals surface area (Å²) < 4.78 is 22.6. The molecule has 0 saturated heterocycles. The molecule has 1 heterocycles. The van der Waals surface area contributed by atoms with Gasteiger partial charge in [-0.05, 0) is 56.7 Å². The van der Waals surface area contributed by atoms with E-state index < -0.39 is 23.9 Å². The van der Waals surface area contributed by atoms with Crippen molar-refractivity contribution < 1.29 is 33.3 Å². The van der Waals surface area contributed by atoms with Crippen LogP contribution in [0.2, 0.25) is 0 Å². The molecule has 1 aliphatic heterocycles. The van der Waals surface area contributed by atoms with Gasteiger partial charge in [0.05, 0.1) is 38.2 Å². The topological polar surface area (TPSA) is 137 Å². The fourth-order valence-corrected chi connectivity index (χ4v) is 4.04. The van der Waals surface area contributed by atoms with Crippen LogP contribution in [0.1, 0.15) is 37.9 Å². The van der Waals surface area contributed by atoms with Gasteiger partial charge >= 0.3 is 12.0 Å². The second-order valence-electron chi connectivity index (χ2n) is 7.90. The van der Waals surface area contributed by atoms with Gasteiger partial charge in [-0.1, -0.05) is 22.0 Å². The summed E-state index contributed by atoms with van der Waals surface area (Å²) >= 11 is 3.40. The predicted molar refractivity (Wildman–Crippen MR) is 143 cm³/mol. The third-order valence-corrected chi connectivity index (χ3v) is 5.80. The van der Waals surface area contributed by atoms with Crippen LogP contribution in [0.25, 0.3) is 0 Å². The van der Waals surface area contributed by atoms with E-state index >= 15 is 0 Å². The lowest BCUT2D eigenvalue weighted by atomic mass is 9.95. The summed E-state index contributed by atoms with van der Waals surface area (Å²) in [7, 11) is 1.44. The van der Waals surface area contributed by atoms with Gasteiger partial charge in [-0.25, -0.2) is 15.0 Å². The van der Waals surface area contributed by atoms with E-state index in [2.05, 4.69) is 37.1 Å². The Morgan fingerprint density at radius 2 is 1.84 bits per heavy atom. The zero-order valence-corrected chi connectivity index (χ0v) is 23.0. The number of methoxy groups -OCH3 is 1. The summed E-state index contributed by atoms with van der Waals surface area (Å²) in [5, 5.41) is 9.29. The molecule has 0 unspecified atom stereocenters. The lowest BCUT2D eigenvalue weighted by Gasteiger charge is -2.28. The molecular formula is C26H29BrN4O7. The molecular weight excluding hydrogens is 560 g/mol. The number of hydrazone groups is 1. The molecule has 3 N–H and O–H groups in total. The van der Waals surface area contributed by atoms with E-state index in [1.165, 1.54) is 13.3 Å². The highest BCUT2D eigenvalue weighted by atomic mass is 79.9. The Morgan fingerprint density at radius 3 is 2.55 bits per heavy atom. The van der Waals surface area contributed by atoms with Gasteiger partial charge in [-0.15, -0.1) is 0 Å². The molecule has 38 heavy (non-hydrogen) atoms. The molecule has 2 aromatic rings. The summed E-state index contributed by atoms with van der Waals surface area (Å²) in [6, 6.07) is 9.14. The second-order valence-corrected chi connectivity index (χ2v) is 8.81. The molecule has 0 aliphatic carbocycles. The van der Waals surface area contributed by atoms with Gasteiger partial charge in [0.1, 0.15) is 5.75 Å². The van der Waals surface area contributed by atoms with E-state index in [-0.39, 0.29) is 18.8 Å². The van der Waals surface area contributed by atoms with Crippen molar-refractivity contribution in [3.63, 3.8) is 0 Å². The van der Waals surface area contributed by atoms with Crippen molar-refractivity contribution in [2.24, 2.45) is 5.10 Å². The molecule has 0 radical (unpaired) electrons. The first-order chi connectivity index (χ1) is 18.3. The molecule has 1 aliphatic rings. The van der Waals surface area contributed by atoms with Gasteiger partial charge in [0.15, 0.2) is 18.1 Å². The lowest BCUT2D eigenvalue weighted by Crippen LogP contribution is -2.45. The van der Waals surface area contributed by atoms with Crippen molar-refractivity contribution in [2.45, 2.75) is 26.8 Å². The number of rotatable bonds is 11. The van der Waals surface area contributed by atoms with Crippen LogP contribution in [0.3, 0.4) is 0 Å². The summed E-state index contributed by atoms with van der Waals surface area (Å²) in [4.78, 5) is 37.0. The van der Waals surface area contributed by atoms with Gasteiger partial charge in [0.25, 0.3) is 5.91 Å². The Balaban J connectivity index is 1.69. The van der Waals surface area contributed by atoms with E-state index in [1.54, 1.807) is 38.1 Å². The molecule has 202 valence electrons. The Bertz CT molecular complexity index is 1260. The van der Waals surface area contributed by atoms with Crippen LogP contribution in [0.5, 0.6) is 17.2 Å². The van der Waals surface area contributed by atoms with Gasteiger partial charge in [0.2, 0.25) is 0 Å². The number of carbonyl (C=O) groups is 3. The fraction of sp³-hybridized carbons (Fsp3) is 0.308. The van der Waals surface area contributed by atoms with E-state index in [0.29, 0.717) is 40.7 Å². The van der Waals surface area contributed by atoms with E-state index in [0.717, 1.165) is 4.47 Å². The van der Waals surface area contributed by atoms with Gasteiger partial charge < -0.3 is 29.6 Å². The Labute approximate surface area is 228 Å². The molecule has 0 aromatic heterocycles. The SMILES string of the molecule is CCOC(=O)C1=C(C)NC(=O)N[C@H]1c1ccc(OCC(=O)N/N=C\c2cc(Br)ccc2OCC)c(OC)c1. The number of hydrogen-bond donors (Lipinski definition) is 3. The summed E-state index contributed by atoms with van der Waals surface area (Å²) in [5.41, 5.74) is 4.34. The average molecular weight is 589 g/mol. The van der Waals surface area contributed by atoms with Gasteiger partial charge in [-0.3, -0.25) is 4.79 Å². The number of amides is 3. The molecule has 3 amide bonds. The van der Waals surface area contributed by atoms with Crippen LogP contribution in [-0.4, -0.2) is 51.1 Å². The van der Waals surface area contributed by atoms with Crippen LogP contribution in [0, 0.1) is 0 Å². The maximum absolute atomic E-state index is 12.5. The van der Waals surface area contributed by atoms with Crippen LogP contribution in [0.4, 0.5) is 4.79 Å². The highest BCUT2D eigenvalue weighted by molar-refractivity contribution is 9.10. The molecule has 0 fully saturated rings. The van der Waals surface area contributed by atoms with Crippen LogP contribution >= 0.6 is 15.9 Å². The minimum absolute atomic E-state index is 0.190. The summed E-state index contributed by atoms with van der Waals surface area (Å²) in [6.45, 7) is 5.56. The number of allylic oxidation sites excluding steroid dienone is 1. The number of benzene rings is 2. The van der Waals surface area contributed by atoms with Crippen molar-refractivity contribution in [3.8, 4) is 17.2 Å². The standard InChI is InChI=1S/C26H29BrN4O7/c1-5-36-19-10-8-18(27)11-17(19)13-28-31-22(32)14-38-20-9-7-16(12-21(20)35-4)24-23(25(33)37-6-2)15(3)29-26(34)30-24/h7-13,24H,5-6,14H2,1-4H3,(H,31,32)(H2,29,30,34)/b28-13-/t24-/m0/s1. The molecule has 0 spiro atoms. The first-order valence-electron chi connectivity index (χ1n) is 11.8. The van der Waals surface area contributed by atoms with Crippen LogP contribution in [-0.2, 0) is 14.3 Å². The summed E-state index contributed by atoms with van der Waals surface area (Å²) in [6.07, 6.45) is 1.48. The van der Waals surface area contributed by atoms with Crippen molar-refractivity contribution in [1.82, 2.24) is 16.1 Å². The molecule has 3 rings (SSSR count). The highest BCUT2D eigenvalue weighted by Gasteiger charge is 2.32. The van der Waals surface area contributed by atoms with Gasteiger partial charge in [-0.2, -0.15) is 5.10 Å². The number of halogens is 1. The predicted octanol–water partition coefficient (Wildman–Crippen LogP) is 3.58. The maximum Gasteiger partial charge on any atom is 0.338 e. The summed E-state index contributed by atoms with van der Waals surface area (Å²) in [5.74, 6) is 0.197. The monoisotopic (exact) mass is 588 g/mol. The van der Waals surface area contributed by atoms with Crippen LogP contribution < -0.4 is 30.3 Å². The number of hydrogen-bond acceptors (Lipinski definition) is 8. The fourth-order valence-electron chi connectivity index (χ4n) is 3.66. The minimum atomic E-state index is -0.761. The number of esters is 1. The molecule has 11 nitrogen and oxygen atoms in total. The largest absolute Gasteiger partial charge is 0.493 e. The normalized spacial score (nSPS) is 15.0.